The summed E-state index contributed by atoms with van der Waals surface area (Å²) in [5, 5.41) is 8.95. The summed E-state index contributed by atoms with van der Waals surface area (Å²) < 4.78 is 39.7. The van der Waals surface area contributed by atoms with Gasteiger partial charge in [0.1, 0.15) is 17.6 Å². The van der Waals surface area contributed by atoms with Crippen LogP contribution < -0.4 is 9.47 Å². The van der Waals surface area contributed by atoms with Gasteiger partial charge in [-0.3, -0.25) is 0 Å². The van der Waals surface area contributed by atoms with Gasteiger partial charge in [0.05, 0.1) is 12.5 Å². The molecule has 1 aliphatic heterocycles. The van der Waals surface area contributed by atoms with Crippen LogP contribution in [0.15, 0.2) is 60.4 Å². The second kappa shape index (κ2) is 8.07. The summed E-state index contributed by atoms with van der Waals surface area (Å²) in [6.45, 7) is -0.747. The molecule has 0 spiro atoms. The summed E-state index contributed by atoms with van der Waals surface area (Å²) in [6, 6.07) is 13.7. The Morgan fingerprint density at radius 2 is 1.63 bits per heavy atom. The van der Waals surface area contributed by atoms with Crippen molar-refractivity contribution in [2.75, 3.05) is 6.61 Å². The summed E-state index contributed by atoms with van der Waals surface area (Å²) in [5.41, 5.74) is 1.76. The van der Waals surface area contributed by atoms with Crippen molar-refractivity contribution < 1.29 is 32.9 Å². The first-order valence-corrected chi connectivity index (χ1v) is 8.32. The first-order valence-electron chi connectivity index (χ1n) is 8.32. The molecule has 2 unspecified atom stereocenters. The van der Waals surface area contributed by atoms with E-state index in [-0.39, 0.29) is 23.5 Å². The van der Waals surface area contributed by atoms with E-state index in [1.54, 1.807) is 37.3 Å². The van der Waals surface area contributed by atoms with Gasteiger partial charge in [-0.2, -0.15) is 8.78 Å². The van der Waals surface area contributed by atoms with Crippen LogP contribution in [0, 0.1) is 5.92 Å². The largest absolute Gasteiger partial charge is 0.493 e. The molecule has 2 aromatic rings. The summed E-state index contributed by atoms with van der Waals surface area (Å²) >= 11 is 0. The van der Waals surface area contributed by atoms with Crippen LogP contribution in [0.4, 0.5) is 8.78 Å². The number of carbonyl (C=O) groups is 1. The molecule has 2 aromatic carbocycles. The van der Waals surface area contributed by atoms with Crippen molar-refractivity contribution in [3.8, 4) is 22.6 Å². The van der Waals surface area contributed by atoms with Crippen molar-refractivity contribution in [1.82, 2.24) is 0 Å². The highest BCUT2D eigenvalue weighted by Gasteiger charge is 2.29. The quantitative estimate of drug-likeness (QED) is 0.779. The van der Waals surface area contributed by atoms with E-state index in [0.717, 1.165) is 11.1 Å². The third-order valence-corrected chi connectivity index (χ3v) is 4.20. The van der Waals surface area contributed by atoms with Crippen molar-refractivity contribution in [3.63, 3.8) is 0 Å². The SMILES string of the molecule is CC1OC(C(=O)O)=CC1COc1ccc(-c2ccc(OC(F)F)cc2)cc1. The molecule has 1 N–H and O–H groups in total. The Morgan fingerprint density at radius 1 is 1.07 bits per heavy atom. The number of alkyl halides is 2. The molecule has 27 heavy (non-hydrogen) atoms. The number of ether oxygens (including phenoxy) is 3. The second-order valence-corrected chi connectivity index (χ2v) is 6.06. The molecule has 3 rings (SSSR count). The van der Waals surface area contributed by atoms with E-state index in [2.05, 4.69) is 4.74 Å². The van der Waals surface area contributed by atoms with Gasteiger partial charge in [-0.05, 0) is 48.4 Å². The van der Waals surface area contributed by atoms with Crippen LogP contribution in [0.25, 0.3) is 11.1 Å². The molecular formula is C20H18F2O5. The second-order valence-electron chi connectivity index (χ2n) is 6.06. The molecule has 2 atom stereocenters. The van der Waals surface area contributed by atoms with E-state index in [9.17, 15) is 13.6 Å². The normalized spacial score (nSPS) is 18.7. The van der Waals surface area contributed by atoms with Gasteiger partial charge in [-0.15, -0.1) is 0 Å². The average Bonchev–Trinajstić information content (AvgIpc) is 3.02. The number of rotatable bonds is 7. The zero-order valence-corrected chi connectivity index (χ0v) is 14.5. The molecule has 142 valence electrons. The minimum absolute atomic E-state index is 0.0503. The lowest BCUT2D eigenvalue weighted by Gasteiger charge is -2.15. The maximum atomic E-state index is 12.2. The molecule has 0 saturated carbocycles. The summed E-state index contributed by atoms with van der Waals surface area (Å²) in [5.74, 6) is -0.529. The smallest absolute Gasteiger partial charge is 0.387 e. The number of halogens is 2. The predicted molar refractivity (Wildman–Crippen MR) is 93.8 cm³/mol. The molecular weight excluding hydrogens is 358 g/mol. The molecule has 5 nitrogen and oxygen atoms in total. The van der Waals surface area contributed by atoms with E-state index in [0.29, 0.717) is 12.4 Å². The Hall–Kier alpha value is -3.09. The highest BCUT2D eigenvalue weighted by molar-refractivity contribution is 5.84. The number of benzene rings is 2. The molecule has 0 aromatic heterocycles. The molecule has 0 saturated heterocycles. The number of hydrogen-bond donors (Lipinski definition) is 1. The van der Waals surface area contributed by atoms with Gasteiger partial charge >= 0.3 is 12.6 Å². The highest BCUT2D eigenvalue weighted by atomic mass is 19.3. The van der Waals surface area contributed by atoms with Crippen LogP contribution in [0.2, 0.25) is 0 Å². The van der Waals surface area contributed by atoms with Gasteiger partial charge in [0.15, 0.2) is 0 Å². The van der Waals surface area contributed by atoms with Gasteiger partial charge < -0.3 is 19.3 Å². The van der Waals surface area contributed by atoms with Crippen LogP contribution in [-0.4, -0.2) is 30.4 Å². The average molecular weight is 376 g/mol. The van der Waals surface area contributed by atoms with E-state index >= 15 is 0 Å². The van der Waals surface area contributed by atoms with Crippen LogP contribution in [0.1, 0.15) is 6.92 Å². The first-order chi connectivity index (χ1) is 12.9. The van der Waals surface area contributed by atoms with Crippen LogP contribution in [0.3, 0.4) is 0 Å². The van der Waals surface area contributed by atoms with Crippen molar-refractivity contribution in [2.45, 2.75) is 19.6 Å². The zero-order chi connectivity index (χ0) is 19.4. The lowest BCUT2D eigenvalue weighted by atomic mass is 10.1. The fourth-order valence-corrected chi connectivity index (χ4v) is 2.73. The van der Waals surface area contributed by atoms with Gasteiger partial charge in [-0.25, -0.2) is 4.79 Å². The number of carboxylic acids is 1. The topological polar surface area (TPSA) is 65.0 Å². The fraction of sp³-hybridized carbons (Fsp3) is 0.250. The Kier molecular flexibility index (Phi) is 5.59. The Morgan fingerprint density at radius 3 is 2.11 bits per heavy atom. The van der Waals surface area contributed by atoms with Gasteiger partial charge in [0.25, 0.3) is 0 Å². The molecule has 1 aliphatic rings. The molecule has 0 bridgehead atoms. The minimum atomic E-state index is -2.85. The Balaban J connectivity index is 1.60. The van der Waals surface area contributed by atoms with E-state index in [1.807, 2.05) is 12.1 Å². The molecule has 0 amide bonds. The fourth-order valence-electron chi connectivity index (χ4n) is 2.73. The monoisotopic (exact) mass is 376 g/mol. The lowest BCUT2D eigenvalue weighted by molar-refractivity contribution is -0.137. The van der Waals surface area contributed by atoms with Gasteiger partial charge in [0, 0.05) is 0 Å². The molecule has 0 radical (unpaired) electrons. The Labute approximate surface area is 154 Å². The van der Waals surface area contributed by atoms with Gasteiger partial charge in [0.2, 0.25) is 5.76 Å². The summed E-state index contributed by atoms with van der Waals surface area (Å²) in [7, 11) is 0. The standard InChI is InChI=1S/C20H18F2O5/c1-12-15(10-18(26-12)19(23)24)11-25-16-6-2-13(3-7-16)14-4-8-17(9-5-14)27-20(21)22/h2-10,12,15,20H,11H2,1H3,(H,23,24). The minimum Gasteiger partial charge on any atom is -0.493 e. The van der Waals surface area contributed by atoms with Gasteiger partial charge in [-0.1, -0.05) is 24.3 Å². The molecule has 0 aliphatic carbocycles. The Bertz CT molecular complexity index is 815. The van der Waals surface area contributed by atoms with Crippen molar-refractivity contribution >= 4 is 5.97 Å². The maximum absolute atomic E-state index is 12.2. The number of aliphatic carboxylic acids is 1. The maximum Gasteiger partial charge on any atom is 0.387 e. The number of carboxylic acid groups (broad SMARTS) is 1. The summed E-state index contributed by atoms with van der Waals surface area (Å²) in [6.07, 6.45) is 1.30. The van der Waals surface area contributed by atoms with E-state index < -0.39 is 12.6 Å². The van der Waals surface area contributed by atoms with Crippen molar-refractivity contribution in [3.05, 3.63) is 60.4 Å². The highest BCUT2D eigenvalue weighted by Crippen LogP contribution is 2.27. The third kappa shape index (κ3) is 4.75. The molecule has 7 heteroatoms. The zero-order valence-electron chi connectivity index (χ0n) is 14.5. The van der Waals surface area contributed by atoms with Crippen LogP contribution in [0.5, 0.6) is 11.5 Å². The number of hydrogen-bond acceptors (Lipinski definition) is 4. The lowest BCUT2D eigenvalue weighted by Crippen LogP contribution is -2.19. The first kappa shape index (κ1) is 18.7. The van der Waals surface area contributed by atoms with Crippen LogP contribution in [-0.2, 0) is 9.53 Å². The van der Waals surface area contributed by atoms with E-state index in [1.165, 1.54) is 12.1 Å². The van der Waals surface area contributed by atoms with Crippen LogP contribution >= 0.6 is 0 Å². The van der Waals surface area contributed by atoms with E-state index in [4.69, 9.17) is 14.6 Å². The molecule has 1 heterocycles. The summed E-state index contributed by atoms with van der Waals surface area (Å²) in [4.78, 5) is 10.9. The van der Waals surface area contributed by atoms with Crippen molar-refractivity contribution in [2.24, 2.45) is 5.92 Å². The predicted octanol–water partition coefficient (Wildman–Crippen LogP) is 4.34. The third-order valence-electron chi connectivity index (χ3n) is 4.20. The molecule has 0 fully saturated rings. The van der Waals surface area contributed by atoms with Crippen molar-refractivity contribution in [1.29, 1.82) is 0 Å².